The molecule has 3 heterocycles. The second-order valence-electron chi connectivity index (χ2n) is 10.3. The number of fused-ring (bicyclic) bond motifs is 2. The number of amides is 3. The number of hydrogen-bond acceptors (Lipinski definition) is 9. The van der Waals surface area contributed by atoms with Gasteiger partial charge in [0.25, 0.3) is 5.91 Å². The fraction of sp³-hybridized carbons (Fsp3) is 0.250. The molecule has 2 aliphatic rings. The third-order valence-electron chi connectivity index (χ3n) is 7.56. The molecule has 1 fully saturated rings. The molecule has 1 aromatic heterocycles. The Morgan fingerprint density at radius 1 is 0.977 bits per heavy atom. The number of para-hydroxylation sites is 1. The van der Waals surface area contributed by atoms with Gasteiger partial charge in [0, 0.05) is 16.5 Å². The zero-order valence-electron chi connectivity index (χ0n) is 24.1. The van der Waals surface area contributed by atoms with Crippen molar-refractivity contribution >= 4 is 52.2 Å². The van der Waals surface area contributed by atoms with Gasteiger partial charge >= 0.3 is 4.87 Å². The molecule has 0 spiro atoms. The Labute approximate surface area is 261 Å². The standard InChI is InChI=1S/C32H29N3O7S2/c1-4-41-23-15-18(9-14-22(23)42-16-24(36)33-21-8-6-5-7-17(21)2)25-26-28(43-29-27(25)44-32(39)34-29)31(38)35(30(26)37)19-10-12-20(40-3)13-11-19/h5-15,25-26,28H,4,16H2,1-3H3,(H,33,36)(H,34,39)/t25-,26-,28+/m0/s1. The number of nitrogens with zero attached hydrogens (tertiary/aromatic N) is 1. The highest BCUT2D eigenvalue weighted by Gasteiger charge is 2.56. The van der Waals surface area contributed by atoms with Crippen LogP contribution in [0.2, 0.25) is 0 Å². The quantitative estimate of drug-likeness (QED) is 0.248. The van der Waals surface area contributed by atoms with Crippen molar-refractivity contribution in [3.63, 3.8) is 0 Å². The average molecular weight is 632 g/mol. The van der Waals surface area contributed by atoms with Gasteiger partial charge in [-0.15, -0.1) is 0 Å². The van der Waals surface area contributed by atoms with Crippen molar-refractivity contribution in [2.45, 2.75) is 30.0 Å². The number of hydrogen-bond donors (Lipinski definition) is 2. The first kappa shape index (κ1) is 29.5. The van der Waals surface area contributed by atoms with Crippen molar-refractivity contribution in [1.29, 1.82) is 0 Å². The summed E-state index contributed by atoms with van der Waals surface area (Å²) in [6.07, 6.45) is 0. The number of nitrogens with one attached hydrogen (secondary N) is 2. The van der Waals surface area contributed by atoms with Crippen LogP contribution in [0.4, 0.5) is 11.4 Å². The van der Waals surface area contributed by atoms with E-state index in [4.69, 9.17) is 14.2 Å². The highest BCUT2D eigenvalue weighted by molar-refractivity contribution is 8.00. The molecule has 0 bridgehead atoms. The minimum absolute atomic E-state index is 0.244. The van der Waals surface area contributed by atoms with Crippen molar-refractivity contribution in [2.75, 3.05) is 30.5 Å². The molecule has 0 radical (unpaired) electrons. The molecule has 0 aliphatic carbocycles. The summed E-state index contributed by atoms with van der Waals surface area (Å²) in [5.41, 5.74) is 2.77. The van der Waals surface area contributed by atoms with Crippen LogP contribution in [-0.4, -0.2) is 48.3 Å². The van der Waals surface area contributed by atoms with E-state index in [-0.39, 0.29) is 29.2 Å². The number of thiazole rings is 1. The lowest BCUT2D eigenvalue weighted by Crippen LogP contribution is -2.32. The third kappa shape index (κ3) is 5.46. The molecule has 1 saturated heterocycles. The fourth-order valence-corrected chi connectivity index (χ4v) is 8.03. The van der Waals surface area contributed by atoms with Crippen molar-refractivity contribution in [2.24, 2.45) is 5.92 Å². The van der Waals surface area contributed by atoms with Crippen LogP contribution in [-0.2, 0) is 14.4 Å². The molecule has 2 N–H and O–H groups in total. The molecule has 3 aromatic carbocycles. The number of aromatic amines is 1. The number of carbonyl (C=O) groups is 3. The molecule has 0 unspecified atom stereocenters. The lowest BCUT2D eigenvalue weighted by atomic mass is 9.83. The maximum Gasteiger partial charge on any atom is 0.305 e. The minimum atomic E-state index is -0.755. The molecular formula is C32H29N3O7S2. The lowest BCUT2D eigenvalue weighted by Gasteiger charge is -2.30. The van der Waals surface area contributed by atoms with Crippen molar-refractivity contribution in [1.82, 2.24) is 4.98 Å². The monoisotopic (exact) mass is 631 g/mol. The molecule has 2 aliphatic heterocycles. The highest BCUT2D eigenvalue weighted by Crippen LogP contribution is 2.53. The van der Waals surface area contributed by atoms with E-state index < -0.39 is 17.1 Å². The van der Waals surface area contributed by atoms with Gasteiger partial charge in [0.05, 0.1) is 30.3 Å². The van der Waals surface area contributed by atoms with Gasteiger partial charge in [-0.05, 0) is 67.4 Å². The zero-order valence-corrected chi connectivity index (χ0v) is 25.8. The summed E-state index contributed by atoms with van der Waals surface area (Å²) >= 11 is 2.24. The van der Waals surface area contributed by atoms with E-state index in [2.05, 4.69) is 10.3 Å². The van der Waals surface area contributed by atoms with Gasteiger partial charge in [-0.3, -0.25) is 19.2 Å². The van der Waals surface area contributed by atoms with Crippen molar-refractivity contribution in [3.05, 3.63) is 92.4 Å². The molecule has 226 valence electrons. The highest BCUT2D eigenvalue weighted by atomic mass is 32.2. The third-order valence-corrected chi connectivity index (χ3v) is 9.96. The van der Waals surface area contributed by atoms with Crippen LogP contribution in [0.5, 0.6) is 17.2 Å². The Kier molecular flexibility index (Phi) is 8.19. The molecule has 4 aromatic rings. The summed E-state index contributed by atoms with van der Waals surface area (Å²) < 4.78 is 17.0. The molecule has 3 amide bonds. The number of ether oxygens (including phenoxy) is 3. The van der Waals surface area contributed by atoms with Gasteiger partial charge in [0.1, 0.15) is 11.0 Å². The zero-order chi connectivity index (χ0) is 31.0. The largest absolute Gasteiger partial charge is 0.497 e. The average Bonchev–Trinajstić information content (AvgIpc) is 3.51. The number of rotatable bonds is 9. The number of carbonyl (C=O) groups excluding carboxylic acids is 3. The van der Waals surface area contributed by atoms with Crippen molar-refractivity contribution < 1.29 is 28.6 Å². The molecule has 3 atom stereocenters. The van der Waals surface area contributed by atoms with Crippen molar-refractivity contribution in [3.8, 4) is 17.2 Å². The summed E-state index contributed by atoms with van der Waals surface area (Å²) in [6, 6.07) is 19.5. The molecule has 10 nitrogen and oxygen atoms in total. The fourth-order valence-electron chi connectivity index (χ4n) is 5.51. The maximum atomic E-state index is 14.0. The summed E-state index contributed by atoms with van der Waals surface area (Å²) in [5, 5.41) is 2.69. The van der Waals surface area contributed by atoms with E-state index in [1.54, 1.807) is 49.6 Å². The minimum Gasteiger partial charge on any atom is -0.497 e. The number of thioether (sulfide) groups is 1. The van der Waals surface area contributed by atoms with Crippen LogP contribution < -0.4 is 29.3 Å². The van der Waals surface area contributed by atoms with Gasteiger partial charge in [-0.1, -0.05) is 47.4 Å². The Hall–Kier alpha value is -4.55. The van der Waals surface area contributed by atoms with E-state index >= 15 is 0 Å². The number of aryl methyl sites for hydroxylation is 1. The maximum absolute atomic E-state index is 14.0. The van der Waals surface area contributed by atoms with E-state index in [1.807, 2.05) is 38.1 Å². The Balaban J connectivity index is 1.31. The van der Waals surface area contributed by atoms with E-state index in [9.17, 15) is 19.2 Å². The van der Waals surface area contributed by atoms with Crippen LogP contribution in [0.3, 0.4) is 0 Å². The van der Waals surface area contributed by atoms with Crippen LogP contribution in [0, 0.1) is 12.8 Å². The number of benzene rings is 3. The SMILES string of the molecule is CCOc1cc([C@@H]2c3sc(=O)[nH]c3S[C@H]3C(=O)N(c4ccc(OC)cc4)C(=O)[C@@H]23)ccc1OCC(=O)Nc1ccccc1C. The van der Waals surface area contributed by atoms with E-state index in [0.29, 0.717) is 50.7 Å². The number of H-pyrrole nitrogens is 1. The summed E-state index contributed by atoms with van der Waals surface area (Å²) in [5.74, 6) is -1.01. The molecular weight excluding hydrogens is 603 g/mol. The molecule has 0 saturated carbocycles. The first-order valence-electron chi connectivity index (χ1n) is 14.0. The van der Waals surface area contributed by atoms with Gasteiger partial charge in [-0.2, -0.15) is 0 Å². The Morgan fingerprint density at radius 3 is 2.48 bits per heavy atom. The topological polar surface area (TPSA) is 127 Å². The van der Waals surface area contributed by atoms with Gasteiger partial charge in [-0.25, -0.2) is 4.90 Å². The summed E-state index contributed by atoms with van der Waals surface area (Å²) in [6.45, 7) is 3.82. The first-order valence-corrected chi connectivity index (χ1v) is 15.6. The molecule has 12 heteroatoms. The van der Waals surface area contributed by atoms with Gasteiger partial charge in [0.2, 0.25) is 11.8 Å². The smallest absolute Gasteiger partial charge is 0.305 e. The van der Waals surface area contributed by atoms with Crippen LogP contribution in [0.15, 0.2) is 76.6 Å². The normalized spacial score (nSPS) is 18.9. The van der Waals surface area contributed by atoms with Gasteiger partial charge in [0.15, 0.2) is 18.1 Å². The number of methoxy groups -OCH3 is 1. The predicted octanol–water partition coefficient (Wildman–Crippen LogP) is 4.97. The Morgan fingerprint density at radius 2 is 1.75 bits per heavy atom. The summed E-state index contributed by atoms with van der Waals surface area (Å²) in [7, 11) is 1.54. The molecule has 6 rings (SSSR count). The second-order valence-corrected chi connectivity index (χ2v) is 12.4. The summed E-state index contributed by atoms with van der Waals surface area (Å²) in [4.78, 5) is 57.3. The first-order chi connectivity index (χ1) is 21.3. The predicted molar refractivity (Wildman–Crippen MR) is 168 cm³/mol. The number of anilines is 2. The van der Waals surface area contributed by atoms with Gasteiger partial charge < -0.3 is 24.5 Å². The second kappa shape index (κ2) is 12.2. The van der Waals surface area contributed by atoms with Crippen LogP contribution in [0.25, 0.3) is 0 Å². The lowest BCUT2D eigenvalue weighted by molar-refractivity contribution is -0.122. The number of imide groups is 1. The van der Waals surface area contributed by atoms with Crippen LogP contribution >= 0.6 is 23.1 Å². The number of aromatic nitrogens is 1. The Bertz CT molecular complexity index is 1800. The van der Waals surface area contributed by atoms with E-state index in [0.717, 1.165) is 16.9 Å². The molecule has 44 heavy (non-hydrogen) atoms. The van der Waals surface area contributed by atoms with Crippen LogP contribution in [0.1, 0.15) is 28.8 Å². The van der Waals surface area contributed by atoms with E-state index in [1.165, 1.54) is 16.7 Å².